The van der Waals surface area contributed by atoms with Gasteiger partial charge in [-0.2, -0.15) is 0 Å². The van der Waals surface area contributed by atoms with Crippen LogP contribution in [0.15, 0.2) is 69.5 Å². The molecule has 0 aliphatic rings. The van der Waals surface area contributed by atoms with Crippen LogP contribution in [0.25, 0.3) is 22.3 Å². The number of halogens is 2. The molecule has 4 aromatic rings. The van der Waals surface area contributed by atoms with Gasteiger partial charge in [-0.1, -0.05) is 47.5 Å². The van der Waals surface area contributed by atoms with Crippen LogP contribution in [0.5, 0.6) is 0 Å². The molecule has 0 aliphatic heterocycles. The van der Waals surface area contributed by atoms with E-state index in [1.807, 2.05) is 0 Å². The van der Waals surface area contributed by atoms with E-state index >= 15 is 0 Å². The number of hydrogen-bond acceptors (Lipinski definition) is 7. The summed E-state index contributed by atoms with van der Waals surface area (Å²) >= 11 is 12.0. The molecule has 0 saturated carbocycles. The van der Waals surface area contributed by atoms with E-state index in [0.29, 0.717) is 32.3 Å². The van der Waals surface area contributed by atoms with E-state index in [2.05, 4.69) is 0 Å². The van der Waals surface area contributed by atoms with Gasteiger partial charge < -0.3 is 18.3 Å². The molecule has 0 aliphatic carbocycles. The molecule has 2 heterocycles. The lowest BCUT2D eigenvalue weighted by Gasteiger charge is -2.04. The van der Waals surface area contributed by atoms with Crippen molar-refractivity contribution in [1.82, 2.24) is 0 Å². The van der Waals surface area contributed by atoms with Crippen molar-refractivity contribution in [3.63, 3.8) is 0 Å². The standard InChI is InChI=1S/C25H16Cl2O7/c1-31-24(29)19-11-17(13-3-7-15(26)8-4-13)22(33-19)21(28)23-18(12-20(34-23)25(30)32-2)14-5-9-16(27)10-6-14/h3-12H,1-2H3. The number of hydrogen-bond donors (Lipinski definition) is 0. The van der Waals surface area contributed by atoms with E-state index in [0.717, 1.165) is 0 Å². The van der Waals surface area contributed by atoms with Gasteiger partial charge in [0, 0.05) is 33.3 Å². The molecular weight excluding hydrogens is 483 g/mol. The maximum absolute atomic E-state index is 13.7. The number of carbonyl (C=O) groups excluding carboxylic acids is 3. The van der Waals surface area contributed by atoms with Crippen molar-refractivity contribution in [2.45, 2.75) is 0 Å². The van der Waals surface area contributed by atoms with Crippen LogP contribution in [0.4, 0.5) is 0 Å². The zero-order valence-corrected chi connectivity index (χ0v) is 19.4. The maximum Gasteiger partial charge on any atom is 0.373 e. The number of furan rings is 2. The summed E-state index contributed by atoms with van der Waals surface area (Å²) in [6, 6.07) is 16.0. The zero-order chi connectivity index (χ0) is 24.4. The Bertz CT molecular complexity index is 1270. The third-order valence-corrected chi connectivity index (χ3v) is 5.46. The van der Waals surface area contributed by atoms with E-state index in [9.17, 15) is 14.4 Å². The molecule has 4 rings (SSSR count). The first kappa shape index (κ1) is 23.4. The number of ether oxygens (including phenoxy) is 2. The van der Waals surface area contributed by atoms with Crippen LogP contribution in [0.2, 0.25) is 10.0 Å². The molecule has 2 aromatic carbocycles. The second kappa shape index (κ2) is 9.59. The Morgan fingerprint density at radius 2 is 1.00 bits per heavy atom. The summed E-state index contributed by atoms with van der Waals surface area (Å²) in [6.07, 6.45) is 0. The van der Waals surface area contributed by atoms with Crippen molar-refractivity contribution in [1.29, 1.82) is 0 Å². The molecular formula is C25H16Cl2O7. The molecule has 9 heteroatoms. The van der Waals surface area contributed by atoms with Crippen molar-refractivity contribution >= 4 is 40.9 Å². The van der Waals surface area contributed by atoms with E-state index in [4.69, 9.17) is 41.5 Å². The minimum atomic E-state index is -0.762. The van der Waals surface area contributed by atoms with Crippen molar-refractivity contribution in [3.05, 3.63) is 93.7 Å². The average Bonchev–Trinajstić information content (AvgIpc) is 3.49. The molecule has 0 spiro atoms. The van der Waals surface area contributed by atoms with Gasteiger partial charge in [-0.05, 0) is 35.4 Å². The molecule has 0 bridgehead atoms. The van der Waals surface area contributed by atoms with Gasteiger partial charge in [0.25, 0.3) is 5.78 Å². The van der Waals surface area contributed by atoms with E-state index < -0.39 is 17.7 Å². The van der Waals surface area contributed by atoms with Crippen LogP contribution in [0.3, 0.4) is 0 Å². The number of esters is 2. The number of carbonyl (C=O) groups is 3. The second-order valence-electron chi connectivity index (χ2n) is 7.03. The molecule has 0 saturated heterocycles. The highest BCUT2D eigenvalue weighted by Crippen LogP contribution is 2.35. The van der Waals surface area contributed by atoms with Crippen molar-refractivity contribution < 1.29 is 32.7 Å². The molecule has 0 N–H and O–H groups in total. The van der Waals surface area contributed by atoms with Gasteiger partial charge in [-0.15, -0.1) is 0 Å². The summed E-state index contributed by atoms with van der Waals surface area (Å²) in [5.74, 6) is -2.93. The highest BCUT2D eigenvalue weighted by atomic mass is 35.5. The summed E-state index contributed by atoms with van der Waals surface area (Å²) < 4.78 is 20.7. The minimum absolute atomic E-state index is 0.177. The SMILES string of the molecule is COC(=O)c1cc(-c2ccc(Cl)cc2)c(C(=O)c2oc(C(=O)OC)cc2-c2ccc(Cl)cc2)o1. The second-order valence-corrected chi connectivity index (χ2v) is 7.91. The third-order valence-electron chi connectivity index (χ3n) is 4.96. The van der Waals surface area contributed by atoms with Crippen LogP contribution in [0.1, 0.15) is 37.4 Å². The molecule has 0 unspecified atom stereocenters. The van der Waals surface area contributed by atoms with Crippen molar-refractivity contribution in [3.8, 4) is 22.3 Å². The summed E-state index contributed by atoms with van der Waals surface area (Å²) in [5.41, 5.74) is 1.78. The Morgan fingerprint density at radius 3 is 1.32 bits per heavy atom. The predicted molar refractivity (Wildman–Crippen MR) is 124 cm³/mol. The number of rotatable bonds is 6. The largest absolute Gasteiger partial charge is 0.463 e. The Labute approximate surface area is 203 Å². The quantitative estimate of drug-likeness (QED) is 0.226. The van der Waals surface area contributed by atoms with Gasteiger partial charge in [0.15, 0.2) is 11.5 Å². The topological polar surface area (TPSA) is 96.0 Å². The first-order valence-electron chi connectivity index (χ1n) is 9.83. The van der Waals surface area contributed by atoms with Gasteiger partial charge in [0.1, 0.15) is 0 Å². The Hall–Kier alpha value is -3.81. The van der Waals surface area contributed by atoms with E-state index in [1.54, 1.807) is 48.5 Å². The van der Waals surface area contributed by atoms with Gasteiger partial charge in [-0.25, -0.2) is 9.59 Å². The Kier molecular flexibility index (Phi) is 6.58. The normalized spacial score (nSPS) is 10.7. The van der Waals surface area contributed by atoms with Gasteiger partial charge >= 0.3 is 11.9 Å². The fourth-order valence-electron chi connectivity index (χ4n) is 3.31. The highest BCUT2D eigenvalue weighted by Gasteiger charge is 2.30. The van der Waals surface area contributed by atoms with Crippen molar-refractivity contribution in [2.24, 2.45) is 0 Å². The summed E-state index contributed by atoms with van der Waals surface area (Å²) in [6.45, 7) is 0. The molecule has 0 fully saturated rings. The molecule has 2 aromatic heterocycles. The Morgan fingerprint density at radius 1 is 0.647 bits per heavy atom. The highest BCUT2D eigenvalue weighted by molar-refractivity contribution is 6.31. The van der Waals surface area contributed by atoms with Crippen LogP contribution < -0.4 is 0 Å². The lowest BCUT2D eigenvalue weighted by Crippen LogP contribution is -2.03. The predicted octanol–water partition coefficient (Wildman–Crippen LogP) is 6.32. The lowest BCUT2D eigenvalue weighted by atomic mass is 9.99. The molecule has 34 heavy (non-hydrogen) atoms. The minimum Gasteiger partial charge on any atom is -0.463 e. The summed E-state index contributed by atoms with van der Waals surface area (Å²) in [7, 11) is 2.39. The van der Waals surface area contributed by atoms with Crippen LogP contribution in [0, 0.1) is 0 Å². The lowest BCUT2D eigenvalue weighted by molar-refractivity contribution is 0.0558. The number of methoxy groups -OCH3 is 2. The molecule has 172 valence electrons. The first-order valence-corrected chi connectivity index (χ1v) is 10.6. The summed E-state index contributed by atoms with van der Waals surface area (Å²) in [5, 5.41) is 0.985. The maximum atomic E-state index is 13.7. The van der Waals surface area contributed by atoms with Crippen LogP contribution in [-0.2, 0) is 9.47 Å². The monoisotopic (exact) mass is 498 g/mol. The van der Waals surface area contributed by atoms with Crippen molar-refractivity contribution in [2.75, 3.05) is 14.2 Å². The Balaban J connectivity index is 1.89. The zero-order valence-electron chi connectivity index (χ0n) is 17.9. The van der Waals surface area contributed by atoms with Gasteiger partial charge in [0.2, 0.25) is 11.5 Å². The molecule has 0 atom stereocenters. The van der Waals surface area contributed by atoms with Gasteiger partial charge in [0.05, 0.1) is 14.2 Å². The van der Waals surface area contributed by atoms with E-state index in [-0.39, 0.29) is 23.0 Å². The number of ketones is 1. The number of benzene rings is 2. The van der Waals surface area contributed by atoms with Crippen LogP contribution in [-0.4, -0.2) is 31.9 Å². The third kappa shape index (κ3) is 4.48. The van der Waals surface area contributed by atoms with E-state index in [1.165, 1.54) is 26.4 Å². The first-order chi connectivity index (χ1) is 16.3. The average molecular weight is 499 g/mol. The smallest absolute Gasteiger partial charge is 0.373 e. The molecule has 7 nitrogen and oxygen atoms in total. The fraction of sp³-hybridized carbons (Fsp3) is 0.0800. The van der Waals surface area contributed by atoms with Gasteiger partial charge in [-0.3, -0.25) is 4.79 Å². The fourth-order valence-corrected chi connectivity index (χ4v) is 3.56. The molecule has 0 amide bonds. The van der Waals surface area contributed by atoms with Crippen LogP contribution >= 0.6 is 23.2 Å². The molecule has 0 radical (unpaired) electrons. The summed E-state index contributed by atoms with van der Waals surface area (Å²) in [4.78, 5) is 37.9.